The minimum absolute atomic E-state index is 0.0809. The van der Waals surface area contributed by atoms with Gasteiger partial charge in [-0.1, -0.05) is 0 Å². The van der Waals surface area contributed by atoms with E-state index in [2.05, 4.69) is 19.9 Å². The molecule has 2 heterocycles. The molecule has 0 bridgehead atoms. The van der Waals surface area contributed by atoms with E-state index in [0.29, 0.717) is 17.0 Å². The second kappa shape index (κ2) is 8.09. The predicted octanol–water partition coefficient (Wildman–Crippen LogP) is -3.35. The average Bonchev–Trinajstić information content (AvgIpc) is 3.02. The van der Waals surface area contributed by atoms with Gasteiger partial charge in [0.25, 0.3) is 0 Å². The van der Waals surface area contributed by atoms with Crippen LogP contribution in [0.25, 0.3) is 11.2 Å². The van der Waals surface area contributed by atoms with Crippen molar-refractivity contribution in [3.8, 4) is 0 Å². The van der Waals surface area contributed by atoms with Crippen molar-refractivity contribution in [2.75, 3.05) is 5.73 Å². The van der Waals surface area contributed by atoms with E-state index in [1.165, 1.54) is 12.7 Å². The molecule has 12 heteroatoms. The summed E-state index contributed by atoms with van der Waals surface area (Å²) in [4.78, 5) is 34.3. The number of aromatic nitrogens is 4. The predicted molar refractivity (Wildman–Crippen MR) is 73.8 cm³/mol. The highest BCUT2D eigenvalue weighted by Gasteiger charge is 2.33. The van der Waals surface area contributed by atoms with Crippen LogP contribution in [0.3, 0.4) is 0 Å². The van der Waals surface area contributed by atoms with Crippen LogP contribution < -0.4 is 5.73 Å². The number of H-pyrrole nitrogens is 1. The summed E-state index contributed by atoms with van der Waals surface area (Å²) < 4.78 is 0. The first kappa shape index (κ1) is 18.4. The zero-order chi connectivity index (χ0) is 17.6. The quantitative estimate of drug-likeness (QED) is 0.269. The number of aromatic amines is 1. The summed E-state index contributed by atoms with van der Waals surface area (Å²) >= 11 is 0. The van der Waals surface area contributed by atoms with E-state index >= 15 is 0 Å². The van der Waals surface area contributed by atoms with Gasteiger partial charge < -0.3 is 41.0 Å². The smallest absolute Gasteiger partial charge is 0.335 e. The number of fused-ring (bicyclic) bond motifs is 1. The maximum Gasteiger partial charge on any atom is 0.335 e. The summed E-state index contributed by atoms with van der Waals surface area (Å²) in [6.07, 6.45) is -5.47. The maximum atomic E-state index is 10.1. The first-order valence-electron chi connectivity index (χ1n) is 6.09. The van der Waals surface area contributed by atoms with Crippen LogP contribution in [0, 0.1) is 0 Å². The Morgan fingerprint density at radius 2 is 1.83 bits per heavy atom. The van der Waals surface area contributed by atoms with Crippen LogP contribution in [0.5, 0.6) is 0 Å². The number of carbonyl (C=O) groups excluding carboxylic acids is 1. The number of nitrogen functional groups attached to an aromatic ring is 1. The van der Waals surface area contributed by atoms with Crippen LogP contribution >= 0.6 is 0 Å². The maximum absolute atomic E-state index is 10.1. The number of nitrogens with one attached hydrogen (secondary N) is 1. The van der Waals surface area contributed by atoms with Crippen molar-refractivity contribution in [1.29, 1.82) is 0 Å². The fraction of sp³-hybridized carbons (Fsp3) is 0.364. The molecule has 0 fully saturated rings. The lowest BCUT2D eigenvalue weighted by Gasteiger charge is -2.21. The molecule has 0 aromatic carbocycles. The van der Waals surface area contributed by atoms with E-state index in [-0.39, 0.29) is 6.29 Å². The van der Waals surface area contributed by atoms with Crippen molar-refractivity contribution in [3.63, 3.8) is 0 Å². The number of aliphatic carboxylic acids is 1. The second-order valence-corrected chi connectivity index (χ2v) is 4.25. The van der Waals surface area contributed by atoms with Gasteiger partial charge in [-0.2, -0.15) is 0 Å². The van der Waals surface area contributed by atoms with Crippen molar-refractivity contribution in [3.05, 3.63) is 12.7 Å². The molecule has 0 saturated heterocycles. The molecule has 0 spiro atoms. The van der Waals surface area contributed by atoms with E-state index in [0.717, 1.165) is 0 Å². The van der Waals surface area contributed by atoms with Crippen molar-refractivity contribution in [1.82, 2.24) is 19.9 Å². The minimum Gasteiger partial charge on any atom is -0.479 e. The molecule has 0 aliphatic carbocycles. The Morgan fingerprint density at radius 1 is 1.17 bits per heavy atom. The number of carboxylic acids is 1. The van der Waals surface area contributed by atoms with Gasteiger partial charge in [-0.05, 0) is 0 Å². The third kappa shape index (κ3) is 4.65. The van der Waals surface area contributed by atoms with Crippen molar-refractivity contribution in [2.24, 2.45) is 0 Å². The number of nitrogens with two attached hydrogens (primary N) is 1. The third-order valence-corrected chi connectivity index (χ3v) is 2.67. The van der Waals surface area contributed by atoms with E-state index in [9.17, 15) is 9.59 Å². The van der Waals surface area contributed by atoms with Crippen LogP contribution in [0.4, 0.5) is 5.82 Å². The van der Waals surface area contributed by atoms with Crippen LogP contribution in [0.2, 0.25) is 0 Å². The summed E-state index contributed by atoms with van der Waals surface area (Å²) in [5.41, 5.74) is 6.78. The Kier molecular flexibility index (Phi) is 6.47. The first-order valence-corrected chi connectivity index (χ1v) is 6.09. The largest absolute Gasteiger partial charge is 0.479 e. The van der Waals surface area contributed by atoms with Gasteiger partial charge in [-0.25, -0.2) is 19.7 Å². The molecule has 126 valence electrons. The molecule has 12 nitrogen and oxygen atoms in total. The lowest BCUT2D eigenvalue weighted by Crippen LogP contribution is -2.48. The Morgan fingerprint density at radius 3 is 2.35 bits per heavy atom. The average molecular weight is 329 g/mol. The summed E-state index contributed by atoms with van der Waals surface area (Å²) in [6, 6.07) is 0. The van der Waals surface area contributed by atoms with Crippen molar-refractivity contribution in [2.45, 2.75) is 24.4 Å². The molecule has 0 aliphatic heterocycles. The molecule has 0 radical (unpaired) electrons. The first-order chi connectivity index (χ1) is 10.8. The lowest BCUT2D eigenvalue weighted by atomic mass is 10.0. The van der Waals surface area contributed by atoms with Gasteiger partial charge in [0.15, 0.2) is 23.9 Å². The fourth-order valence-corrected chi connectivity index (χ4v) is 1.40. The second-order valence-electron chi connectivity index (χ2n) is 4.25. The van der Waals surface area contributed by atoms with E-state index < -0.39 is 30.4 Å². The summed E-state index contributed by atoms with van der Waals surface area (Å²) in [6.45, 7) is 0. The van der Waals surface area contributed by atoms with E-state index in [1.807, 2.05) is 0 Å². The number of hydrogen-bond donors (Lipinski definition) is 7. The van der Waals surface area contributed by atoms with Crippen molar-refractivity contribution >= 4 is 29.2 Å². The molecule has 2 aromatic rings. The number of anilines is 1. The number of nitrogens with zero attached hydrogens (tertiary/aromatic N) is 3. The molecule has 0 saturated carbocycles. The Bertz CT molecular complexity index is 663. The molecular formula is C11H15N5O7. The monoisotopic (exact) mass is 329 g/mol. The molecule has 0 aliphatic rings. The SMILES string of the molecule is Nc1ncnc2nc[nH]c12.O=CC(O)C(O)C(O)C(O)C(=O)O. The van der Waals surface area contributed by atoms with Crippen LogP contribution in [0.1, 0.15) is 0 Å². The minimum atomic E-state index is -2.25. The van der Waals surface area contributed by atoms with Crippen LogP contribution in [0.15, 0.2) is 12.7 Å². The van der Waals surface area contributed by atoms with Gasteiger partial charge in [0.2, 0.25) is 0 Å². The molecule has 2 aromatic heterocycles. The topological polar surface area (TPSA) is 216 Å². The molecule has 2 rings (SSSR count). The van der Waals surface area contributed by atoms with Gasteiger partial charge in [0.1, 0.15) is 30.2 Å². The number of carboxylic acid groups (broad SMARTS) is 1. The summed E-state index contributed by atoms with van der Waals surface area (Å²) in [5.74, 6) is -1.33. The Hall–Kier alpha value is -2.67. The van der Waals surface area contributed by atoms with E-state index in [1.54, 1.807) is 0 Å². The molecule has 23 heavy (non-hydrogen) atoms. The fourth-order valence-electron chi connectivity index (χ4n) is 1.40. The van der Waals surface area contributed by atoms with Gasteiger partial charge in [-0.3, -0.25) is 0 Å². The summed E-state index contributed by atoms with van der Waals surface area (Å²) in [7, 11) is 0. The molecule has 4 atom stereocenters. The van der Waals surface area contributed by atoms with Gasteiger partial charge in [0, 0.05) is 0 Å². The van der Waals surface area contributed by atoms with Gasteiger partial charge >= 0.3 is 5.97 Å². The number of aliphatic hydroxyl groups excluding tert-OH is 4. The molecular weight excluding hydrogens is 314 g/mol. The van der Waals surface area contributed by atoms with Crippen molar-refractivity contribution < 1.29 is 35.1 Å². The number of carbonyl (C=O) groups is 2. The van der Waals surface area contributed by atoms with Crippen LogP contribution in [-0.2, 0) is 9.59 Å². The number of imidazole rings is 1. The highest BCUT2D eigenvalue weighted by Crippen LogP contribution is 2.09. The molecule has 4 unspecified atom stereocenters. The number of hydrogen-bond acceptors (Lipinski definition) is 10. The Balaban J connectivity index is 0.000000235. The highest BCUT2D eigenvalue weighted by atomic mass is 16.4. The third-order valence-electron chi connectivity index (χ3n) is 2.67. The van der Waals surface area contributed by atoms with Gasteiger partial charge in [0.05, 0.1) is 6.33 Å². The zero-order valence-electron chi connectivity index (χ0n) is 11.5. The van der Waals surface area contributed by atoms with E-state index in [4.69, 9.17) is 31.3 Å². The molecule has 0 amide bonds. The van der Waals surface area contributed by atoms with Gasteiger partial charge in [-0.15, -0.1) is 0 Å². The Labute approximate surface area is 128 Å². The normalized spacial score (nSPS) is 15.8. The number of aliphatic hydroxyl groups is 4. The highest BCUT2D eigenvalue weighted by molar-refractivity contribution is 5.80. The lowest BCUT2D eigenvalue weighted by molar-refractivity contribution is -0.163. The van der Waals surface area contributed by atoms with Crippen LogP contribution in [-0.4, -0.2) is 82.1 Å². The zero-order valence-corrected chi connectivity index (χ0v) is 11.5. The number of rotatable bonds is 5. The number of aldehydes is 1. The summed E-state index contributed by atoms with van der Waals surface area (Å²) in [5, 5.41) is 43.2. The standard InChI is InChI=1S/C6H10O7.C5H5N5/c7-1-2(8)3(9)4(10)5(11)6(12)13;6-4-3-5(9-1-7-3)10-2-8-4/h1-5,8-11H,(H,12,13);1-2H,(H3,6,7,8,9,10). The molecule has 8 N–H and O–H groups in total.